The Kier molecular flexibility index (Phi) is 4.55. The van der Waals surface area contributed by atoms with E-state index in [0.29, 0.717) is 24.4 Å². The van der Waals surface area contributed by atoms with Gasteiger partial charge in [0.15, 0.2) is 6.10 Å². The van der Waals surface area contributed by atoms with Crippen molar-refractivity contribution in [1.29, 1.82) is 0 Å². The molecule has 7 heteroatoms. The van der Waals surface area contributed by atoms with Crippen molar-refractivity contribution in [2.45, 2.75) is 25.4 Å². The molecule has 142 valence electrons. The highest BCUT2D eigenvalue weighted by molar-refractivity contribution is 7.92. The zero-order valence-corrected chi connectivity index (χ0v) is 16.0. The van der Waals surface area contributed by atoms with Crippen LogP contribution in [0.4, 0.5) is 11.4 Å². The van der Waals surface area contributed by atoms with Crippen LogP contribution in [0, 0.1) is 0 Å². The van der Waals surface area contributed by atoms with E-state index >= 15 is 0 Å². The number of aryl methyl sites for hydroxylation is 1. The maximum Gasteiger partial charge on any atom is 0.268 e. The van der Waals surface area contributed by atoms with E-state index in [9.17, 15) is 13.2 Å². The number of anilines is 2. The van der Waals surface area contributed by atoms with Crippen molar-refractivity contribution in [2.24, 2.45) is 0 Å². The molecule has 2 aliphatic rings. The Morgan fingerprint density at radius 2 is 1.74 bits per heavy atom. The molecule has 0 unspecified atom stereocenters. The van der Waals surface area contributed by atoms with E-state index in [4.69, 9.17) is 4.74 Å². The van der Waals surface area contributed by atoms with Crippen molar-refractivity contribution in [3.05, 3.63) is 54.1 Å². The molecule has 27 heavy (non-hydrogen) atoms. The third-order valence-electron chi connectivity index (χ3n) is 5.05. The first-order chi connectivity index (χ1) is 12.9. The lowest BCUT2D eigenvalue weighted by atomic mass is 10.0. The molecule has 0 saturated heterocycles. The van der Waals surface area contributed by atoms with Gasteiger partial charge in [-0.1, -0.05) is 30.3 Å². The second kappa shape index (κ2) is 6.88. The van der Waals surface area contributed by atoms with Crippen LogP contribution in [0.25, 0.3) is 0 Å². The summed E-state index contributed by atoms with van der Waals surface area (Å²) in [5.74, 6) is 0.302. The first-order valence-electron chi connectivity index (χ1n) is 9.08. The normalized spacial score (nSPS) is 19.5. The fraction of sp³-hybridized carbons (Fsp3) is 0.350. The first kappa shape index (κ1) is 17.9. The van der Waals surface area contributed by atoms with Gasteiger partial charge in [0.2, 0.25) is 10.0 Å². The van der Waals surface area contributed by atoms with Crippen LogP contribution in [0.5, 0.6) is 5.75 Å². The summed E-state index contributed by atoms with van der Waals surface area (Å²) < 4.78 is 31.8. The molecular formula is C20H22N2O4S. The Balaban J connectivity index is 1.66. The molecule has 6 nitrogen and oxygen atoms in total. The van der Waals surface area contributed by atoms with Gasteiger partial charge < -0.3 is 9.64 Å². The van der Waals surface area contributed by atoms with E-state index in [0.717, 1.165) is 24.1 Å². The zero-order chi connectivity index (χ0) is 19.0. The Bertz CT molecular complexity index is 973. The van der Waals surface area contributed by atoms with Gasteiger partial charge in [0.05, 0.1) is 11.9 Å². The molecule has 0 saturated carbocycles. The second-order valence-electron chi connectivity index (χ2n) is 6.92. The predicted octanol–water partition coefficient (Wildman–Crippen LogP) is 2.58. The van der Waals surface area contributed by atoms with Crippen LogP contribution in [-0.2, 0) is 21.2 Å². The quantitative estimate of drug-likeness (QED) is 0.796. The summed E-state index contributed by atoms with van der Waals surface area (Å²) >= 11 is 0. The fourth-order valence-electron chi connectivity index (χ4n) is 3.78. The molecule has 2 aromatic carbocycles. The van der Waals surface area contributed by atoms with Gasteiger partial charge in [-0.25, -0.2) is 8.42 Å². The van der Waals surface area contributed by atoms with Crippen LogP contribution in [0.3, 0.4) is 0 Å². The predicted molar refractivity (Wildman–Crippen MR) is 105 cm³/mol. The average Bonchev–Trinajstić information content (AvgIpc) is 2.86. The van der Waals surface area contributed by atoms with Gasteiger partial charge >= 0.3 is 0 Å². The molecule has 1 amide bonds. The summed E-state index contributed by atoms with van der Waals surface area (Å²) in [6.45, 7) is 0.856. The largest absolute Gasteiger partial charge is 0.478 e. The van der Waals surface area contributed by atoms with Crippen molar-refractivity contribution in [1.82, 2.24) is 0 Å². The van der Waals surface area contributed by atoms with Gasteiger partial charge in [0.1, 0.15) is 5.75 Å². The molecule has 0 radical (unpaired) electrons. The van der Waals surface area contributed by atoms with Gasteiger partial charge in [-0.05, 0) is 36.6 Å². The number of sulfonamides is 1. The molecule has 0 aromatic heterocycles. The van der Waals surface area contributed by atoms with E-state index < -0.39 is 16.1 Å². The zero-order valence-electron chi connectivity index (χ0n) is 15.2. The number of nitrogens with zero attached hydrogens (tertiary/aromatic N) is 2. The minimum Gasteiger partial charge on any atom is -0.478 e. The highest BCUT2D eigenvalue weighted by Gasteiger charge is 2.34. The highest BCUT2D eigenvalue weighted by Crippen LogP contribution is 2.35. The van der Waals surface area contributed by atoms with Crippen LogP contribution in [0.15, 0.2) is 48.5 Å². The molecule has 2 aromatic rings. The number of amides is 1. The molecule has 1 atom stereocenters. The van der Waals surface area contributed by atoms with Gasteiger partial charge in [-0.15, -0.1) is 0 Å². The molecule has 2 heterocycles. The van der Waals surface area contributed by atoms with E-state index in [2.05, 4.69) is 0 Å². The Morgan fingerprint density at radius 1 is 1.04 bits per heavy atom. The number of carbonyl (C=O) groups excluding carboxylic acids is 1. The van der Waals surface area contributed by atoms with Gasteiger partial charge in [0, 0.05) is 25.2 Å². The maximum absolute atomic E-state index is 13.3. The minimum atomic E-state index is -3.46. The number of rotatable bonds is 2. The molecular weight excluding hydrogens is 364 g/mol. The van der Waals surface area contributed by atoms with E-state index in [1.165, 1.54) is 10.6 Å². The Labute approximate surface area is 159 Å². The van der Waals surface area contributed by atoms with Gasteiger partial charge in [-0.3, -0.25) is 9.10 Å². The van der Waals surface area contributed by atoms with Crippen LogP contribution in [0.1, 0.15) is 18.4 Å². The van der Waals surface area contributed by atoms with Crippen molar-refractivity contribution >= 4 is 27.3 Å². The number of benzene rings is 2. The number of ether oxygens (including phenoxy) is 1. The summed E-state index contributed by atoms with van der Waals surface area (Å²) in [6.07, 6.45) is 2.62. The lowest BCUT2D eigenvalue weighted by molar-refractivity contribution is -0.125. The molecule has 4 rings (SSSR count). The highest BCUT2D eigenvalue weighted by atomic mass is 32.2. The first-order valence-corrected chi connectivity index (χ1v) is 10.9. The second-order valence-corrected chi connectivity index (χ2v) is 8.83. The molecule has 0 bridgehead atoms. The standard InChI is InChI=1S/C20H22N2O4S/c1-27(24,25)22-14-12-19(26-18-11-5-4-10-17(18)22)20(23)21-13-6-8-15-7-2-3-9-16(15)21/h2-5,7,9-11,19H,6,8,12-14H2,1H3/t19-/m0/s1. The number of para-hydroxylation sites is 3. The fourth-order valence-corrected chi connectivity index (χ4v) is 4.73. The lowest BCUT2D eigenvalue weighted by Gasteiger charge is -2.32. The molecule has 0 fully saturated rings. The molecule has 0 aliphatic carbocycles. The average molecular weight is 386 g/mol. The third kappa shape index (κ3) is 3.39. The number of fused-ring (bicyclic) bond motifs is 2. The third-order valence-corrected chi connectivity index (χ3v) is 6.23. The summed E-state index contributed by atoms with van der Waals surface area (Å²) in [6, 6.07) is 14.9. The summed E-state index contributed by atoms with van der Waals surface area (Å²) in [7, 11) is -3.46. The maximum atomic E-state index is 13.3. The number of carbonyl (C=O) groups is 1. The minimum absolute atomic E-state index is 0.118. The van der Waals surface area contributed by atoms with Crippen molar-refractivity contribution in [3.8, 4) is 5.75 Å². The molecule has 2 aliphatic heterocycles. The van der Waals surface area contributed by atoms with Crippen molar-refractivity contribution in [2.75, 3.05) is 28.6 Å². The summed E-state index contributed by atoms with van der Waals surface area (Å²) in [4.78, 5) is 15.0. The smallest absolute Gasteiger partial charge is 0.268 e. The van der Waals surface area contributed by atoms with Crippen LogP contribution < -0.4 is 13.9 Å². The van der Waals surface area contributed by atoms with E-state index in [-0.39, 0.29) is 12.5 Å². The molecule has 0 spiro atoms. The van der Waals surface area contributed by atoms with Crippen LogP contribution in [-0.4, -0.2) is 39.8 Å². The lowest BCUT2D eigenvalue weighted by Crippen LogP contribution is -2.45. The summed E-state index contributed by atoms with van der Waals surface area (Å²) in [5, 5.41) is 0. The summed E-state index contributed by atoms with van der Waals surface area (Å²) in [5.41, 5.74) is 2.56. The number of hydrogen-bond donors (Lipinski definition) is 0. The monoisotopic (exact) mass is 386 g/mol. The topological polar surface area (TPSA) is 66.9 Å². The Morgan fingerprint density at radius 3 is 2.52 bits per heavy atom. The van der Waals surface area contributed by atoms with Gasteiger partial charge in [-0.2, -0.15) is 0 Å². The van der Waals surface area contributed by atoms with Crippen LogP contribution >= 0.6 is 0 Å². The van der Waals surface area contributed by atoms with Crippen molar-refractivity contribution < 1.29 is 17.9 Å². The van der Waals surface area contributed by atoms with E-state index in [1.54, 1.807) is 29.2 Å². The van der Waals surface area contributed by atoms with Crippen molar-refractivity contribution in [3.63, 3.8) is 0 Å². The molecule has 0 N–H and O–H groups in total. The van der Waals surface area contributed by atoms with E-state index in [1.807, 2.05) is 24.3 Å². The SMILES string of the molecule is CS(=O)(=O)N1CC[C@@H](C(=O)N2CCCc3ccccc32)Oc2ccccc21. The van der Waals surface area contributed by atoms with Gasteiger partial charge in [0.25, 0.3) is 5.91 Å². The Hall–Kier alpha value is -2.54. The van der Waals surface area contributed by atoms with Crippen LogP contribution in [0.2, 0.25) is 0 Å². The number of hydrogen-bond acceptors (Lipinski definition) is 4.